The third-order valence-corrected chi connectivity index (χ3v) is 2.67. The molecule has 16 heavy (non-hydrogen) atoms. The fourth-order valence-corrected chi connectivity index (χ4v) is 1.94. The van der Waals surface area contributed by atoms with Crippen molar-refractivity contribution in [1.82, 2.24) is 20.7 Å². The quantitative estimate of drug-likeness (QED) is 0.586. The molecule has 6 heteroatoms. The van der Waals surface area contributed by atoms with Crippen LogP contribution in [0.1, 0.15) is 0 Å². The van der Waals surface area contributed by atoms with Gasteiger partial charge in [0, 0.05) is 13.1 Å². The van der Waals surface area contributed by atoms with E-state index in [2.05, 4.69) is 24.0 Å². The second-order valence-corrected chi connectivity index (χ2v) is 3.65. The number of hydrogen-bond acceptors (Lipinski definition) is 4. The summed E-state index contributed by atoms with van der Waals surface area (Å²) in [7, 11) is 0. The Morgan fingerprint density at radius 2 is 1.38 bits per heavy atom. The average molecular weight is 222 g/mol. The molecule has 3 heterocycles. The summed E-state index contributed by atoms with van der Waals surface area (Å²) in [6.45, 7) is 7.87. The molecule has 0 aromatic rings. The second kappa shape index (κ2) is 4.07. The summed E-state index contributed by atoms with van der Waals surface area (Å²) >= 11 is 0. The molecule has 3 aliphatic heterocycles. The van der Waals surface area contributed by atoms with E-state index in [0.717, 1.165) is 0 Å². The lowest BCUT2D eigenvalue weighted by Gasteiger charge is -2.49. The van der Waals surface area contributed by atoms with Gasteiger partial charge in [0.1, 0.15) is 0 Å². The zero-order chi connectivity index (χ0) is 11.7. The van der Waals surface area contributed by atoms with Crippen molar-refractivity contribution in [1.29, 1.82) is 0 Å². The van der Waals surface area contributed by atoms with E-state index >= 15 is 0 Å². The van der Waals surface area contributed by atoms with Gasteiger partial charge in [-0.15, -0.1) is 13.2 Å². The second-order valence-electron chi connectivity index (χ2n) is 3.65. The fourth-order valence-electron chi connectivity index (χ4n) is 1.94. The number of nitrogens with zero attached hydrogens (tertiary/aromatic N) is 2. The molecule has 2 amide bonds. The molecule has 2 unspecified atom stereocenters. The average Bonchev–Trinajstić information content (AvgIpc) is 2.27. The summed E-state index contributed by atoms with van der Waals surface area (Å²) in [4.78, 5) is 26.8. The molecular weight excluding hydrogens is 208 g/mol. The predicted molar refractivity (Wildman–Crippen MR) is 57.7 cm³/mol. The van der Waals surface area contributed by atoms with Crippen LogP contribution in [-0.4, -0.2) is 47.0 Å². The zero-order valence-corrected chi connectivity index (χ0v) is 8.85. The molecular formula is C10H14N4O2. The highest BCUT2D eigenvalue weighted by molar-refractivity contribution is 5.97. The number of amides is 2. The summed E-state index contributed by atoms with van der Waals surface area (Å²) in [5.74, 6) is -0.241. The van der Waals surface area contributed by atoms with E-state index in [0.29, 0.717) is 13.1 Å². The number of hydrogen-bond donors (Lipinski definition) is 2. The van der Waals surface area contributed by atoms with Crippen molar-refractivity contribution in [2.75, 3.05) is 13.1 Å². The molecule has 6 nitrogen and oxygen atoms in total. The van der Waals surface area contributed by atoms with Crippen LogP contribution in [-0.2, 0) is 9.59 Å². The van der Waals surface area contributed by atoms with Gasteiger partial charge in [0.05, 0.1) is 0 Å². The third kappa shape index (κ3) is 1.43. The first-order valence-electron chi connectivity index (χ1n) is 5.04. The van der Waals surface area contributed by atoms with Crippen molar-refractivity contribution in [3.05, 3.63) is 25.3 Å². The van der Waals surface area contributed by atoms with Gasteiger partial charge in [0.2, 0.25) is 0 Å². The number of piperazine rings is 1. The standard InChI is InChI=1S/C10H14N4O2/c1-3-5-13-7-10(16)14(6-4-2)8(9(13)15)12-11-7/h3-4,7-8,11-12H,1-2,5-6H2. The van der Waals surface area contributed by atoms with E-state index in [9.17, 15) is 9.59 Å². The van der Waals surface area contributed by atoms with Crippen molar-refractivity contribution in [2.24, 2.45) is 0 Å². The van der Waals surface area contributed by atoms with Gasteiger partial charge in [-0.25, -0.2) is 10.9 Å². The van der Waals surface area contributed by atoms with Crippen LogP contribution in [0.15, 0.2) is 25.3 Å². The fraction of sp³-hybridized carbons (Fsp3) is 0.400. The van der Waals surface area contributed by atoms with Crippen LogP contribution >= 0.6 is 0 Å². The largest absolute Gasteiger partial charge is 0.311 e. The van der Waals surface area contributed by atoms with Gasteiger partial charge in [-0.2, -0.15) is 0 Å². The lowest BCUT2D eigenvalue weighted by molar-refractivity contribution is -0.173. The Kier molecular flexibility index (Phi) is 2.76. The molecule has 3 aliphatic rings. The molecule has 86 valence electrons. The summed E-state index contributed by atoms with van der Waals surface area (Å²) in [5.41, 5.74) is 5.61. The van der Waals surface area contributed by atoms with Crippen LogP contribution in [0.2, 0.25) is 0 Å². The van der Waals surface area contributed by atoms with Crippen LogP contribution in [0, 0.1) is 0 Å². The van der Waals surface area contributed by atoms with Crippen molar-refractivity contribution >= 4 is 11.8 Å². The van der Waals surface area contributed by atoms with Gasteiger partial charge in [0.15, 0.2) is 12.3 Å². The highest BCUT2D eigenvalue weighted by Gasteiger charge is 2.49. The Hall–Kier alpha value is -1.66. The Bertz CT molecular complexity index is 321. The minimum atomic E-state index is -0.643. The SMILES string of the molecule is C=CCN1C(=O)C2NNC1C(=O)N2CC=C. The molecule has 0 aromatic heterocycles. The van der Waals surface area contributed by atoms with Crippen molar-refractivity contribution in [3.8, 4) is 0 Å². The Labute approximate surface area is 93.5 Å². The zero-order valence-electron chi connectivity index (χ0n) is 8.85. The summed E-state index contributed by atoms with van der Waals surface area (Å²) in [6.07, 6.45) is 1.92. The highest BCUT2D eigenvalue weighted by Crippen LogP contribution is 2.18. The number of fused-ring (bicyclic) bond motifs is 3. The van der Waals surface area contributed by atoms with Crippen LogP contribution in [0.5, 0.6) is 0 Å². The lowest BCUT2D eigenvalue weighted by atomic mass is 10.1. The minimum absolute atomic E-state index is 0.120. The normalized spacial score (nSPS) is 28.5. The van der Waals surface area contributed by atoms with E-state index in [-0.39, 0.29) is 11.8 Å². The molecule has 0 saturated carbocycles. The molecule has 0 radical (unpaired) electrons. The Morgan fingerprint density at radius 1 is 1.00 bits per heavy atom. The first-order chi connectivity index (χ1) is 7.70. The van der Waals surface area contributed by atoms with Crippen LogP contribution < -0.4 is 10.9 Å². The monoisotopic (exact) mass is 222 g/mol. The third-order valence-electron chi connectivity index (χ3n) is 2.67. The maximum atomic E-state index is 12.0. The molecule has 0 aliphatic carbocycles. The molecule has 3 rings (SSSR count). The number of rotatable bonds is 4. The van der Waals surface area contributed by atoms with E-state index < -0.39 is 12.3 Å². The maximum absolute atomic E-state index is 12.0. The number of nitrogens with one attached hydrogen (secondary N) is 2. The predicted octanol–water partition coefficient (Wildman–Crippen LogP) is -1.21. The summed E-state index contributed by atoms with van der Waals surface area (Å²) < 4.78 is 0. The maximum Gasteiger partial charge on any atom is 0.263 e. The highest BCUT2D eigenvalue weighted by atomic mass is 16.2. The summed E-state index contributed by atoms with van der Waals surface area (Å²) in [6, 6.07) is 0. The van der Waals surface area contributed by atoms with Crippen molar-refractivity contribution < 1.29 is 9.59 Å². The molecule has 3 fully saturated rings. The van der Waals surface area contributed by atoms with Gasteiger partial charge < -0.3 is 9.80 Å². The Morgan fingerprint density at radius 3 is 1.69 bits per heavy atom. The molecule has 0 spiro atoms. The van der Waals surface area contributed by atoms with Gasteiger partial charge >= 0.3 is 0 Å². The van der Waals surface area contributed by atoms with E-state index in [4.69, 9.17) is 0 Å². The van der Waals surface area contributed by atoms with E-state index in [1.807, 2.05) is 0 Å². The van der Waals surface area contributed by atoms with Crippen LogP contribution in [0.25, 0.3) is 0 Å². The molecule has 2 atom stereocenters. The van der Waals surface area contributed by atoms with Gasteiger partial charge in [-0.1, -0.05) is 12.2 Å². The van der Waals surface area contributed by atoms with Crippen LogP contribution in [0.4, 0.5) is 0 Å². The topological polar surface area (TPSA) is 64.7 Å². The smallest absolute Gasteiger partial charge is 0.263 e. The summed E-state index contributed by atoms with van der Waals surface area (Å²) in [5, 5.41) is 0. The molecule has 2 N–H and O–H groups in total. The number of hydrazine groups is 1. The number of carbonyl (C=O) groups excluding carboxylic acids is 2. The first kappa shape index (κ1) is 10.8. The van der Waals surface area contributed by atoms with Gasteiger partial charge in [-0.3, -0.25) is 9.59 Å². The van der Waals surface area contributed by atoms with Crippen LogP contribution in [0.3, 0.4) is 0 Å². The first-order valence-corrected chi connectivity index (χ1v) is 5.04. The van der Waals surface area contributed by atoms with Crippen molar-refractivity contribution in [3.63, 3.8) is 0 Å². The molecule has 2 bridgehead atoms. The van der Waals surface area contributed by atoms with Crippen molar-refractivity contribution in [2.45, 2.75) is 12.3 Å². The molecule has 0 aromatic carbocycles. The lowest BCUT2D eigenvalue weighted by Crippen LogP contribution is -2.80. The minimum Gasteiger partial charge on any atom is -0.311 e. The van der Waals surface area contributed by atoms with Gasteiger partial charge in [-0.05, 0) is 0 Å². The van der Waals surface area contributed by atoms with E-state index in [1.165, 1.54) is 9.80 Å². The van der Waals surface area contributed by atoms with Gasteiger partial charge in [0.25, 0.3) is 11.8 Å². The molecule has 3 saturated heterocycles. The number of carbonyl (C=O) groups is 2. The Balaban J connectivity index is 2.24. The van der Waals surface area contributed by atoms with E-state index in [1.54, 1.807) is 12.2 Å².